The number of fused-ring (bicyclic) bond motifs is 1. The van der Waals surface area contributed by atoms with Crippen molar-refractivity contribution in [3.8, 4) is 5.75 Å². The number of hydrogen-bond donors (Lipinski definition) is 1. The zero-order chi connectivity index (χ0) is 19.7. The molecule has 5 nitrogen and oxygen atoms in total. The van der Waals surface area contributed by atoms with Crippen molar-refractivity contribution in [1.82, 2.24) is 4.90 Å². The molecule has 1 aliphatic carbocycles. The highest BCUT2D eigenvalue weighted by molar-refractivity contribution is 5.79. The third-order valence-electron chi connectivity index (χ3n) is 6.71. The topological polar surface area (TPSA) is 66.8 Å². The number of nitrogens with zero attached hydrogens (tertiary/aromatic N) is 1. The van der Waals surface area contributed by atoms with Crippen LogP contribution in [-0.4, -0.2) is 42.1 Å². The van der Waals surface area contributed by atoms with E-state index in [0.29, 0.717) is 31.8 Å². The summed E-state index contributed by atoms with van der Waals surface area (Å²) in [4.78, 5) is 26.0. The molecule has 0 spiro atoms. The van der Waals surface area contributed by atoms with Crippen molar-refractivity contribution in [3.05, 3.63) is 28.3 Å². The van der Waals surface area contributed by atoms with Gasteiger partial charge < -0.3 is 14.7 Å². The molecule has 3 rings (SSSR count). The first-order valence-electron chi connectivity index (χ1n) is 10.0. The smallest absolute Gasteiger partial charge is 0.306 e. The average molecular weight is 373 g/mol. The zero-order valence-corrected chi connectivity index (χ0v) is 16.9. The third kappa shape index (κ3) is 3.83. The average Bonchev–Trinajstić information content (AvgIpc) is 2.69. The van der Waals surface area contributed by atoms with Gasteiger partial charge in [0, 0.05) is 19.0 Å². The van der Waals surface area contributed by atoms with Gasteiger partial charge in [-0.05, 0) is 80.2 Å². The molecule has 2 atom stereocenters. The van der Waals surface area contributed by atoms with Crippen LogP contribution >= 0.6 is 0 Å². The van der Waals surface area contributed by atoms with Crippen molar-refractivity contribution >= 4 is 11.9 Å². The van der Waals surface area contributed by atoms with Gasteiger partial charge in [0.2, 0.25) is 5.91 Å². The van der Waals surface area contributed by atoms with Crippen LogP contribution in [0.5, 0.6) is 5.75 Å². The number of carboxylic acids is 1. The van der Waals surface area contributed by atoms with Gasteiger partial charge in [-0.2, -0.15) is 0 Å². The van der Waals surface area contributed by atoms with Crippen LogP contribution < -0.4 is 4.74 Å². The van der Waals surface area contributed by atoms with E-state index in [9.17, 15) is 9.59 Å². The van der Waals surface area contributed by atoms with Gasteiger partial charge in [0.1, 0.15) is 5.75 Å². The van der Waals surface area contributed by atoms with E-state index in [1.54, 1.807) is 7.11 Å². The molecule has 1 amide bonds. The number of likely N-dealkylation sites (tertiary alicyclic amines) is 1. The molecular formula is C22H31NO4. The highest BCUT2D eigenvalue weighted by Crippen LogP contribution is 2.38. The molecule has 1 N–H and O–H groups in total. The second-order valence-electron chi connectivity index (χ2n) is 8.21. The lowest BCUT2D eigenvalue weighted by Crippen LogP contribution is -2.44. The monoisotopic (exact) mass is 373 g/mol. The van der Waals surface area contributed by atoms with E-state index in [-0.39, 0.29) is 17.7 Å². The number of benzene rings is 1. The fourth-order valence-electron chi connectivity index (χ4n) is 4.80. The molecule has 0 radical (unpaired) electrons. The van der Waals surface area contributed by atoms with Gasteiger partial charge in [-0.15, -0.1) is 0 Å². The van der Waals surface area contributed by atoms with Crippen LogP contribution in [0.1, 0.15) is 48.4 Å². The van der Waals surface area contributed by atoms with E-state index in [2.05, 4.69) is 19.9 Å². The molecule has 1 heterocycles. The summed E-state index contributed by atoms with van der Waals surface area (Å²) in [6, 6.07) is 2.12. The Labute approximate surface area is 161 Å². The van der Waals surface area contributed by atoms with Gasteiger partial charge >= 0.3 is 5.97 Å². The Kier molecular flexibility index (Phi) is 5.78. The molecule has 148 valence electrons. The maximum atomic E-state index is 13.0. The number of aryl methyl sites for hydroxylation is 1. The van der Waals surface area contributed by atoms with Crippen LogP contribution in [0.3, 0.4) is 0 Å². The molecule has 1 aromatic rings. The number of rotatable bonds is 4. The van der Waals surface area contributed by atoms with Crippen LogP contribution in [0.2, 0.25) is 0 Å². The summed E-state index contributed by atoms with van der Waals surface area (Å²) in [5.74, 6) is 0.367. The number of carbonyl (C=O) groups is 2. The SMILES string of the molecule is COc1cc(C)c2c(c1C)C[C@H]([C@H](C)C(=O)N1CCC(C(=O)O)CC1)CC2. The minimum absolute atomic E-state index is 0.0366. The number of carbonyl (C=O) groups excluding carboxylic acids is 1. The van der Waals surface area contributed by atoms with Gasteiger partial charge in [0.05, 0.1) is 13.0 Å². The highest BCUT2D eigenvalue weighted by atomic mass is 16.5. The van der Waals surface area contributed by atoms with Gasteiger partial charge in [-0.1, -0.05) is 6.92 Å². The number of piperidine rings is 1. The summed E-state index contributed by atoms with van der Waals surface area (Å²) in [5, 5.41) is 9.15. The number of carboxylic acid groups (broad SMARTS) is 1. The number of aliphatic carboxylic acids is 1. The predicted molar refractivity (Wildman–Crippen MR) is 104 cm³/mol. The molecular weight excluding hydrogens is 342 g/mol. The summed E-state index contributed by atoms with van der Waals surface area (Å²) in [5.41, 5.74) is 5.25. The molecule has 1 fully saturated rings. The highest BCUT2D eigenvalue weighted by Gasteiger charge is 2.34. The van der Waals surface area contributed by atoms with Crippen molar-refractivity contribution in [2.45, 2.75) is 52.9 Å². The van der Waals surface area contributed by atoms with E-state index >= 15 is 0 Å². The Bertz CT molecular complexity index is 734. The van der Waals surface area contributed by atoms with E-state index < -0.39 is 5.97 Å². The summed E-state index contributed by atoms with van der Waals surface area (Å²) < 4.78 is 5.54. The molecule has 27 heavy (non-hydrogen) atoms. The number of hydrogen-bond acceptors (Lipinski definition) is 3. The van der Waals surface area contributed by atoms with Crippen molar-refractivity contribution < 1.29 is 19.4 Å². The predicted octanol–water partition coefficient (Wildman–Crippen LogP) is 3.38. The number of amides is 1. The fourth-order valence-corrected chi connectivity index (χ4v) is 4.80. The molecule has 1 saturated heterocycles. The Morgan fingerprint density at radius 3 is 2.44 bits per heavy atom. The molecule has 1 aromatic carbocycles. The van der Waals surface area contributed by atoms with Gasteiger partial charge in [-0.3, -0.25) is 9.59 Å². The third-order valence-corrected chi connectivity index (χ3v) is 6.71. The Morgan fingerprint density at radius 1 is 1.19 bits per heavy atom. The summed E-state index contributed by atoms with van der Waals surface area (Å²) >= 11 is 0. The van der Waals surface area contributed by atoms with Crippen molar-refractivity contribution in [1.29, 1.82) is 0 Å². The van der Waals surface area contributed by atoms with Crippen LogP contribution in [0.15, 0.2) is 6.07 Å². The quantitative estimate of drug-likeness (QED) is 0.879. The van der Waals surface area contributed by atoms with Crippen molar-refractivity contribution in [3.63, 3.8) is 0 Å². The zero-order valence-electron chi connectivity index (χ0n) is 16.9. The summed E-state index contributed by atoms with van der Waals surface area (Å²) in [6.45, 7) is 7.43. The van der Waals surface area contributed by atoms with Crippen LogP contribution in [0.25, 0.3) is 0 Å². The first-order chi connectivity index (χ1) is 12.8. The number of ether oxygens (including phenoxy) is 1. The summed E-state index contributed by atoms with van der Waals surface area (Å²) in [7, 11) is 1.71. The summed E-state index contributed by atoms with van der Waals surface area (Å²) in [6.07, 6.45) is 4.08. The standard InChI is InChI=1S/C22H31NO4/c1-13-11-20(27-4)15(3)19-12-17(5-6-18(13)19)14(2)21(24)23-9-7-16(8-10-23)22(25)26/h11,14,16-17H,5-10,12H2,1-4H3,(H,25,26)/t14-,17+/m0/s1. The second-order valence-corrected chi connectivity index (χ2v) is 8.21. The molecule has 0 unspecified atom stereocenters. The second kappa shape index (κ2) is 7.91. The molecule has 0 bridgehead atoms. The molecule has 2 aliphatic rings. The van der Waals surface area contributed by atoms with E-state index in [0.717, 1.165) is 25.0 Å². The minimum atomic E-state index is -0.737. The number of methoxy groups -OCH3 is 1. The van der Waals surface area contributed by atoms with Crippen LogP contribution in [-0.2, 0) is 22.4 Å². The lowest BCUT2D eigenvalue weighted by Gasteiger charge is -2.36. The Balaban J connectivity index is 1.70. The van der Waals surface area contributed by atoms with Gasteiger partial charge in [-0.25, -0.2) is 0 Å². The van der Waals surface area contributed by atoms with Crippen molar-refractivity contribution in [2.24, 2.45) is 17.8 Å². The normalized spacial score (nSPS) is 21.5. The Hall–Kier alpha value is -2.04. The maximum Gasteiger partial charge on any atom is 0.306 e. The van der Waals surface area contributed by atoms with Crippen LogP contribution in [0, 0.1) is 31.6 Å². The lowest BCUT2D eigenvalue weighted by molar-refractivity contribution is -0.147. The van der Waals surface area contributed by atoms with E-state index in [1.165, 1.54) is 22.3 Å². The first kappa shape index (κ1) is 19.7. The molecule has 5 heteroatoms. The molecule has 0 aromatic heterocycles. The van der Waals surface area contributed by atoms with Crippen molar-refractivity contribution in [2.75, 3.05) is 20.2 Å². The van der Waals surface area contributed by atoms with Gasteiger partial charge in [0.15, 0.2) is 0 Å². The van der Waals surface area contributed by atoms with E-state index in [4.69, 9.17) is 9.84 Å². The van der Waals surface area contributed by atoms with Crippen LogP contribution in [0.4, 0.5) is 0 Å². The Morgan fingerprint density at radius 2 is 1.85 bits per heavy atom. The molecule has 1 aliphatic heterocycles. The van der Waals surface area contributed by atoms with Gasteiger partial charge in [0.25, 0.3) is 0 Å². The lowest BCUT2D eigenvalue weighted by atomic mass is 9.74. The largest absolute Gasteiger partial charge is 0.496 e. The minimum Gasteiger partial charge on any atom is -0.496 e. The van der Waals surface area contributed by atoms with E-state index in [1.807, 2.05) is 11.8 Å². The maximum absolute atomic E-state index is 13.0. The fraction of sp³-hybridized carbons (Fsp3) is 0.636. The first-order valence-corrected chi connectivity index (χ1v) is 10.0. The molecule has 0 saturated carbocycles.